The van der Waals surface area contributed by atoms with Crippen LogP contribution in [0.2, 0.25) is 0 Å². The van der Waals surface area contributed by atoms with Gasteiger partial charge < -0.3 is 10.1 Å². The molecule has 4 nitrogen and oxygen atoms in total. The molecule has 2 fully saturated rings. The Kier molecular flexibility index (Phi) is 3.93. The molecule has 0 aromatic heterocycles. The third-order valence-electron chi connectivity index (χ3n) is 3.39. The number of carbonyl (C=O) groups is 2. The first-order chi connectivity index (χ1) is 7.79. The first-order valence-corrected chi connectivity index (χ1v) is 6.28. The van der Waals surface area contributed by atoms with Crippen LogP contribution in [0.3, 0.4) is 0 Å². The van der Waals surface area contributed by atoms with Gasteiger partial charge in [-0.15, -0.1) is 0 Å². The van der Waals surface area contributed by atoms with E-state index in [0.29, 0.717) is 12.5 Å². The molecular formula is C12H20N2O2. The fourth-order valence-corrected chi connectivity index (χ4v) is 2.22. The van der Waals surface area contributed by atoms with Gasteiger partial charge in [0.1, 0.15) is 6.29 Å². The maximum Gasteiger partial charge on any atom is 0.221 e. The maximum absolute atomic E-state index is 11.5. The molecule has 0 aromatic rings. The molecule has 2 rings (SSSR count). The van der Waals surface area contributed by atoms with Crippen LogP contribution in [0.1, 0.15) is 38.5 Å². The van der Waals surface area contributed by atoms with Gasteiger partial charge in [-0.3, -0.25) is 9.69 Å². The molecule has 1 saturated carbocycles. The molecule has 1 unspecified atom stereocenters. The summed E-state index contributed by atoms with van der Waals surface area (Å²) in [5.41, 5.74) is 0. The van der Waals surface area contributed by atoms with Crippen molar-refractivity contribution in [1.29, 1.82) is 0 Å². The number of hydrogen-bond donors (Lipinski definition) is 1. The van der Waals surface area contributed by atoms with Crippen LogP contribution in [0.15, 0.2) is 0 Å². The Morgan fingerprint density at radius 1 is 1.31 bits per heavy atom. The molecule has 2 aliphatic rings. The molecule has 1 aliphatic heterocycles. The Labute approximate surface area is 96.4 Å². The van der Waals surface area contributed by atoms with E-state index in [1.807, 2.05) is 0 Å². The van der Waals surface area contributed by atoms with Gasteiger partial charge in [0.05, 0.1) is 6.04 Å². The topological polar surface area (TPSA) is 49.4 Å². The lowest BCUT2D eigenvalue weighted by molar-refractivity contribution is -0.122. The molecule has 0 spiro atoms. The van der Waals surface area contributed by atoms with Gasteiger partial charge in [-0.2, -0.15) is 0 Å². The van der Waals surface area contributed by atoms with Gasteiger partial charge in [0.25, 0.3) is 0 Å². The van der Waals surface area contributed by atoms with E-state index in [-0.39, 0.29) is 11.9 Å². The van der Waals surface area contributed by atoms with Gasteiger partial charge in [0.15, 0.2) is 0 Å². The van der Waals surface area contributed by atoms with Crippen LogP contribution >= 0.6 is 0 Å². The Morgan fingerprint density at radius 3 is 2.81 bits per heavy atom. The molecule has 16 heavy (non-hydrogen) atoms. The van der Waals surface area contributed by atoms with Crippen molar-refractivity contribution in [2.45, 2.75) is 50.6 Å². The third kappa shape index (κ3) is 3.30. The lowest BCUT2D eigenvalue weighted by Gasteiger charge is -2.31. The quantitative estimate of drug-likeness (QED) is 0.700. The number of likely N-dealkylation sites (tertiary alicyclic amines) is 1. The van der Waals surface area contributed by atoms with E-state index in [4.69, 9.17) is 0 Å². The molecule has 4 heteroatoms. The molecule has 0 aromatic carbocycles. The SMILES string of the molecule is O=CC1CCCCN1CCC(=O)NC1CC1. The molecular weight excluding hydrogens is 204 g/mol. The van der Waals surface area contributed by atoms with E-state index in [0.717, 1.165) is 51.5 Å². The number of aldehydes is 1. The minimum Gasteiger partial charge on any atom is -0.353 e. The smallest absolute Gasteiger partial charge is 0.221 e. The number of piperidine rings is 1. The summed E-state index contributed by atoms with van der Waals surface area (Å²) < 4.78 is 0. The average Bonchev–Trinajstić information content (AvgIpc) is 3.10. The lowest BCUT2D eigenvalue weighted by Crippen LogP contribution is -2.42. The lowest BCUT2D eigenvalue weighted by atomic mass is 10.0. The Balaban J connectivity index is 1.69. The van der Waals surface area contributed by atoms with Crippen molar-refractivity contribution in [2.24, 2.45) is 0 Å². The standard InChI is InChI=1S/C12H20N2O2/c15-9-11-3-1-2-7-14(11)8-6-12(16)13-10-4-5-10/h9-11H,1-8H2,(H,13,16). The minimum atomic E-state index is 0.0440. The normalized spacial score (nSPS) is 26.4. The van der Waals surface area contributed by atoms with Crippen LogP contribution in [0.5, 0.6) is 0 Å². The second kappa shape index (κ2) is 5.43. The molecule has 1 aliphatic carbocycles. The summed E-state index contributed by atoms with van der Waals surface area (Å²) in [7, 11) is 0. The van der Waals surface area contributed by atoms with Gasteiger partial charge >= 0.3 is 0 Å². The maximum atomic E-state index is 11.5. The largest absolute Gasteiger partial charge is 0.353 e. The summed E-state index contributed by atoms with van der Waals surface area (Å²) in [6.07, 6.45) is 7.05. The average molecular weight is 224 g/mol. The number of nitrogens with zero attached hydrogens (tertiary/aromatic N) is 1. The summed E-state index contributed by atoms with van der Waals surface area (Å²) in [5, 5.41) is 2.97. The minimum absolute atomic E-state index is 0.0440. The highest BCUT2D eigenvalue weighted by atomic mass is 16.1. The highest BCUT2D eigenvalue weighted by Gasteiger charge is 2.25. The molecule has 0 bridgehead atoms. The molecule has 1 N–H and O–H groups in total. The molecule has 1 amide bonds. The highest BCUT2D eigenvalue weighted by Crippen LogP contribution is 2.19. The predicted octanol–water partition coefficient (Wildman–Crippen LogP) is 0.708. The van der Waals surface area contributed by atoms with Crippen molar-refractivity contribution in [3.8, 4) is 0 Å². The van der Waals surface area contributed by atoms with Crippen molar-refractivity contribution in [3.05, 3.63) is 0 Å². The molecule has 1 heterocycles. The van der Waals surface area contributed by atoms with Crippen LogP contribution < -0.4 is 5.32 Å². The number of carbonyl (C=O) groups excluding carboxylic acids is 2. The second-order valence-corrected chi connectivity index (χ2v) is 4.83. The Morgan fingerprint density at radius 2 is 2.12 bits per heavy atom. The summed E-state index contributed by atoms with van der Waals surface area (Å²) >= 11 is 0. The fourth-order valence-electron chi connectivity index (χ4n) is 2.22. The van der Waals surface area contributed by atoms with Gasteiger partial charge in [0.2, 0.25) is 5.91 Å². The molecule has 1 saturated heterocycles. The predicted molar refractivity (Wildman–Crippen MR) is 61.1 cm³/mol. The first kappa shape index (κ1) is 11.6. The van der Waals surface area contributed by atoms with Crippen LogP contribution in [-0.2, 0) is 9.59 Å². The van der Waals surface area contributed by atoms with Gasteiger partial charge in [-0.1, -0.05) is 6.42 Å². The van der Waals surface area contributed by atoms with E-state index in [1.165, 1.54) is 0 Å². The first-order valence-electron chi connectivity index (χ1n) is 6.28. The Hall–Kier alpha value is -0.900. The van der Waals surface area contributed by atoms with Crippen molar-refractivity contribution in [1.82, 2.24) is 10.2 Å². The van der Waals surface area contributed by atoms with Crippen molar-refractivity contribution in [2.75, 3.05) is 13.1 Å². The number of nitrogens with one attached hydrogen (secondary N) is 1. The zero-order chi connectivity index (χ0) is 11.4. The third-order valence-corrected chi connectivity index (χ3v) is 3.39. The van der Waals surface area contributed by atoms with Crippen LogP contribution in [0.25, 0.3) is 0 Å². The Bertz CT molecular complexity index is 264. The monoisotopic (exact) mass is 224 g/mol. The van der Waals surface area contributed by atoms with Crippen molar-refractivity contribution in [3.63, 3.8) is 0 Å². The van der Waals surface area contributed by atoms with E-state index >= 15 is 0 Å². The zero-order valence-electron chi connectivity index (χ0n) is 9.65. The summed E-state index contributed by atoms with van der Waals surface area (Å²) in [4.78, 5) is 24.5. The second-order valence-electron chi connectivity index (χ2n) is 4.83. The molecule has 90 valence electrons. The van der Waals surface area contributed by atoms with Crippen LogP contribution in [0, 0.1) is 0 Å². The summed E-state index contributed by atoms with van der Waals surface area (Å²) in [6.45, 7) is 1.68. The molecule has 1 atom stereocenters. The van der Waals surface area contributed by atoms with Crippen molar-refractivity contribution >= 4 is 12.2 Å². The number of hydrogen-bond acceptors (Lipinski definition) is 3. The van der Waals surface area contributed by atoms with E-state index in [2.05, 4.69) is 10.2 Å². The summed E-state index contributed by atoms with van der Waals surface area (Å²) in [5.74, 6) is 0.137. The van der Waals surface area contributed by atoms with E-state index in [9.17, 15) is 9.59 Å². The number of rotatable bonds is 5. The van der Waals surface area contributed by atoms with E-state index in [1.54, 1.807) is 0 Å². The fraction of sp³-hybridized carbons (Fsp3) is 0.833. The van der Waals surface area contributed by atoms with Crippen LogP contribution in [0.4, 0.5) is 0 Å². The van der Waals surface area contributed by atoms with Gasteiger partial charge in [0, 0.05) is 19.0 Å². The highest BCUT2D eigenvalue weighted by molar-refractivity contribution is 5.76. The van der Waals surface area contributed by atoms with Gasteiger partial charge in [-0.25, -0.2) is 0 Å². The van der Waals surface area contributed by atoms with Crippen LogP contribution in [-0.4, -0.2) is 42.3 Å². The van der Waals surface area contributed by atoms with E-state index < -0.39 is 0 Å². The number of amides is 1. The van der Waals surface area contributed by atoms with Gasteiger partial charge in [-0.05, 0) is 32.2 Å². The zero-order valence-corrected chi connectivity index (χ0v) is 9.65. The molecule has 0 radical (unpaired) electrons. The summed E-state index contributed by atoms with van der Waals surface area (Å²) in [6, 6.07) is 0.484. The van der Waals surface area contributed by atoms with Crippen molar-refractivity contribution < 1.29 is 9.59 Å².